The lowest BCUT2D eigenvalue weighted by Gasteiger charge is -2.07. The lowest BCUT2D eigenvalue weighted by Crippen LogP contribution is -2.15. The van der Waals surface area contributed by atoms with Crippen molar-refractivity contribution in [2.75, 3.05) is 14.2 Å². The Morgan fingerprint density at radius 2 is 1.96 bits per heavy atom. The SMILES string of the molecule is COc1ccc(N=Cc2c(C(F)(F)F)[nH]n(C)c2=O)c(OC)c1. The van der Waals surface area contributed by atoms with Gasteiger partial charge in [0.15, 0.2) is 5.69 Å². The van der Waals surface area contributed by atoms with E-state index in [2.05, 4.69) is 4.99 Å². The molecule has 1 aromatic heterocycles. The molecule has 0 unspecified atom stereocenters. The summed E-state index contributed by atoms with van der Waals surface area (Å²) in [5.74, 6) is 0.816. The zero-order valence-corrected chi connectivity index (χ0v) is 12.6. The van der Waals surface area contributed by atoms with Gasteiger partial charge in [-0.3, -0.25) is 19.6 Å². The Bertz CT molecular complexity index is 791. The van der Waals surface area contributed by atoms with Crippen LogP contribution in [0.1, 0.15) is 11.3 Å². The van der Waals surface area contributed by atoms with Gasteiger partial charge in [-0.2, -0.15) is 13.2 Å². The molecule has 2 rings (SSSR count). The molecule has 0 aliphatic carbocycles. The Kier molecular flexibility index (Phi) is 4.48. The molecular weight excluding hydrogens is 315 g/mol. The number of hydrogen-bond acceptors (Lipinski definition) is 4. The predicted molar refractivity (Wildman–Crippen MR) is 77.8 cm³/mol. The number of nitrogens with zero attached hydrogens (tertiary/aromatic N) is 2. The van der Waals surface area contributed by atoms with E-state index in [0.29, 0.717) is 11.5 Å². The third kappa shape index (κ3) is 3.38. The summed E-state index contributed by atoms with van der Waals surface area (Å²) in [4.78, 5) is 15.7. The fraction of sp³-hybridized carbons (Fsp3) is 0.286. The standard InChI is InChI=1S/C14H14F3N3O3/c1-20-13(21)9(12(19-20)14(15,16)17)7-18-10-5-4-8(22-2)6-11(10)23-3/h4-7,19H,1-3H3. The third-order valence-electron chi connectivity index (χ3n) is 3.09. The predicted octanol–water partition coefficient (Wildman–Crippen LogP) is 2.50. The number of benzene rings is 1. The minimum atomic E-state index is -4.69. The Morgan fingerprint density at radius 1 is 1.26 bits per heavy atom. The van der Waals surface area contributed by atoms with Crippen molar-refractivity contribution in [2.45, 2.75) is 6.18 Å². The normalized spacial score (nSPS) is 11.9. The van der Waals surface area contributed by atoms with Crippen LogP contribution >= 0.6 is 0 Å². The lowest BCUT2D eigenvalue weighted by atomic mass is 10.2. The zero-order valence-electron chi connectivity index (χ0n) is 12.6. The molecule has 0 bridgehead atoms. The molecule has 23 heavy (non-hydrogen) atoms. The van der Waals surface area contributed by atoms with E-state index in [0.717, 1.165) is 10.9 Å². The van der Waals surface area contributed by atoms with E-state index < -0.39 is 23.0 Å². The van der Waals surface area contributed by atoms with Gasteiger partial charge >= 0.3 is 6.18 Å². The number of alkyl halides is 3. The Labute approximate surface area is 129 Å². The van der Waals surface area contributed by atoms with Gasteiger partial charge < -0.3 is 9.47 Å². The van der Waals surface area contributed by atoms with Crippen molar-refractivity contribution in [3.63, 3.8) is 0 Å². The van der Waals surface area contributed by atoms with Gasteiger partial charge in [-0.25, -0.2) is 0 Å². The number of rotatable bonds is 4. The number of H-pyrrole nitrogens is 1. The summed E-state index contributed by atoms with van der Waals surface area (Å²) in [6.45, 7) is 0. The molecule has 0 aliphatic rings. The minimum Gasteiger partial charge on any atom is -0.497 e. The van der Waals surface area contributed by atoms with Crippen molar-refractivity contribution in [1.82, 2.24) is 9.78 Å². The monoisotopic (exact) mass is 329 g/mol. The van der Waals surface area contributed by atoms with Crippen LogP contribution in [0.5, 0.6) is 11.5 Å². The van der Waals surface area contributed by atoms with Crippen LogP contribution in [0.2, 0.25) is 0 Å². The molecule has 0 saturated heterocycles. The molecule has 0 amide bonds. The van der Waals surface area contributed by atoms with Gasteiger partial charge in [-0.15, -0.1) is 0 Å². The van der Waals surface area contributed by atoms with Crippen molar-refractivity contribution in [3.8, 4) is 11.5 Å². The summed E-state index contributed by atoms with van der Waals surface area (Å²) in [6.07, 6.45) is -3.82. The average Bonchev–Trinajstić information content (AvgIpc) is 2.80. The van der Waals surface area contributed by atoms with Gasteiger partial charge in [0.2, 0.25) is 0 Å². The van der Waals surface area contributed by atoms with Crippen molar-refractivity contribution in [3.05, 3.63) is 39.8 Å². The zero-order chi connectivity index (χ0) is 17.2. The molecule has 2 aromatic rings. The van der Waals surface area contributed by atoms with Crippen LogP contribution in [-0.2, 0) is 13.2 Å². The summed E-state index contributed by atoms with van der Waals surface area (Å²) < 4.78 is 49.6. The molecule has 0 atom stereocenters. The van der Waals surface area contributed by atoms with Crippen molar-refractivity contribution < 1.29 is 22.6 Å². The van der Waals surface area contributed by atoms with Gasteiger partial charge in [0.1, 0.15) is 17.2 Å². The van der Waals surface area contributed by atoms with Crippen LogP contribution in [0, 0.1) is 0 Å². The van der Waals surface area contributed by atoms with Crippen molar-refractivity contribution >= 4 is 11.9 Å². The van der Waals surface area contributed by atoms with Gasteiger partial charge in [0, 0.05) is 19.3 Å². The molecular formula is C14H14F3N3O3. The van der Waals surface area contributed by atoms with Gasteiger partial charge in [-0.1, -0.05) is 0 Å². The molecule has 0 saturated carbocycles. The fourth-order valence-corrected chi connectivity index (χ4v) is 1.93. The number of aromatic amines is 1. The quantitative estimate of drug-likeness (QED) is 0.876. The first kappa shape index (κ1) is 16.7. The maximum atomic E-state index is 12.9. The molecule has 0 aliphatic heterocycles. The van der Waals surface area contributed by atoms with Gasteiger partial charge in [-0.05, 0) is 12.1 Å². The highest BCUT2D eigenvalue weighted by Gasteiger charge is 2.37. The van der Waals surface area contributed by atoms with E-state index in [1.165, 1.54) is 33.4 Å². The van der Waals surface area contributed by atoms with Crippen molar-refractivity contribution in [1.29, 1.82) is 0 Å². The smallest absolute Gasteiger partial charge is 0.433 e. The minimum absolute atomic E-state index is 0.268. The second kappa shape index (κ2) is 6.19. The number of aliphatic imine (C=N–C) groups is 1. The molecule has 0 fully saturated rings. The van der Waals surface area contributed by atoms with Crippen LogP contribution in [-0.4, -0.2) is 30.2 Å². The molecule has 9 heteroatoms. The topological polar surface area (TPSA) is 68.6 Å². The highest BCUT2D eigenvalue weighted by Crippen LogP contribution is 2.32. The number of hydrogen-bond donors (Lipinski definition) is 1. The van der Waals surface area contributed by atoms with Crippen LogP contribution < -0.4 is 15.0 Å². The maximum Gasteiger partial charge on any atom is 0.433 e. The molecule has 6 nitrogen and oxygen atoms in total. The van der Waals surface area contributed by atoms with E-state index in [1.807, 2.05) is 5.10 Å². The van der Waals surface area contributed by atoms with Gasteiger partial charge in [0.25, 0.3) is 5.56 Å². The second-order valence-corrected chi connectivity index (χ2v) is 4.56. The van der Waals surface area contributed by atoms with Crippen LogP contribution in [0.25, 0.3) is 0 Å². The summed E-state index contributed by atoms with van der Waals surface area (Å²) in [7, 11) is 4.06. The molecule has 1 N–H and O–H groups in total. The first-order valence-electron chi connectivity index (χ1n) is 6.40. The third-order valence-corrected chi connectivity index (χ3v) is 3.09. The summed E-state index contributed by atoms with van der Waals surface area (Å²) >= 11 is 0. The lowest BCUT2D eigenvalue weighted by molar-refractivity contribution is -0.141. The molecule has 124 valence electrons. The first-order chi connectivity index (χ1) is 10.8. The molecule has 0 spiro atoms. The number of halogens is 3. The first-order valence-corrected chi connectivity index (χ1v) is 6.40. The summed E-state index contributed by atoms with van der Waals surface area (Å²) in [5, 5.41) is 1.97. The molecule has 1 aromatic carbocycles. The van der Waals surface area contributed by atoms with Crippen LogP contribution in [0.15, 0.2) is 28.0 Å². The van der Waals surface area contributed by atoms with E-state index in [4.69, 9.17) is 9.47 Å². The van der Waals surface area contributed by atoms with Crippen LogP contribution in [0.4, 0.5) is 18.9 Å². The average molecular weight is 329 g/mol. The Balaban J connectivity index is 2.48. The maximum absolute atomic E-state index is 12.9. The molecule has 1 heterocycles. The van der Waals surface area contributed by atoms with Gasteiger partial charge in [0.05, 0.1) is 19.8 Å². The van der Waals surface area contributed by atoms with E-state index in [-0.39, 0.29) is 5.69 Å². The second-order valence-electron chi connectivity index (χ2n) is 4.56. The van der Waals surface area contributed by atoms with Crippen molar-refractivity contribution in [2.24, 2.45) is 12.0 Å². The highest BCUT2D eigenvalue weighted by atomic mass is 19.4. The number of ether oxygens (including phenoxy) is 2. The number of aryl methyl sites for hydroxylation is 1. The Morgan fingerprint density at radius 3 is 2.52 bits per heavy atom. The van der Waals surface area contributed by atoms with Crippen LogP contribution in [0.3, 0.4) is 0 Å². The fourth-order valence-electron chi connectivity index (χ4n) is 1.93. The molecule has 0 radical (unpaired) electrons. The number of nitrogens with one attached hydrogen (secondary N) is 1. The summed E-state index contributed by atoms with van der Waals surface area (Å²) in [6, 6.07) is 4.63. The van der Waals surface area contributed by atoms with E-state index >= 15 is 0 Å². The number of methoxy groups -OCH3 is 2. The Hall–Kier alpha value is -2.71. The largest absolute Gasteiger partial charge is 0.497 e. The van der Waals surface area contributed by atoms with E-state index in [1.54, 1.807) is 6.07 Å². The summed E-state index contributed by atoms with van der Waals surface area (Å²) in [5.41, 5.74) is -2.28. The number of aromatic nitrogens is 2. The highest BCUT2D eigenvalue weighted by molar-refractivity contribution is 5.84. The van der Waals surface area contributed by atoms with E-state index in [9.17, 15) is 18.0 Å².